The molecule has 44 heavy (non-hydrogen) atoms. The van der Waals surface area contributed by atoms with Crippen molar-refractivity contribution in [2.75, 3.05) is 4.90 Å². The van der Waals surface area contributed by atoms with Gasteiger partial charge in [0.1, 0.15) is 0 Å². The first-order chi connectivity index (χ1) is 21.3. The highest BCUT2D eigenvalue weighted by Gasteiger charge is 2.68. The van der Waals surface area contributed by atoms with Crippen LogP contribution in [0.1, 0.15) is 34.6 Å². The van der Waals surface area contributed by atoms with Gasteiger partial charge >= 0.3 is 0 Å². The third kappa shape index (κ3) is 2.88. The van der Waals surface area contributed by atoms with Gasteiger partial charge in [-0.15, -0.1) is 0 Å². The molecule has 4 amide bonds. The molecule has 7 aliphatic rings. The second kappa shape index (κ2) is 8.43. The Morgan fingerprint density at radius 3 is 1.89 bits per heavy atom. The number of anilines is 1. The minimum absolute atomic E-state index is 0.0278. The summed E-state index contributed by atoms with van der Waals surface area (Å²) in [5.41, 5.74) is 2.25. The molecule has 2 saturated heterocycles. The van der Waals surface area contributed by atoms with Crippen LogP contribution in [0.15, 0.2) is 90.0 Å². The van der Waals surface area contributed by atoms with Gasteiger partial charge in [0.25, 0.3) is 17.5 Å². The molecule has 0 radical (unpaired) electrons. The lowest BCUT2D eigenvalue weighted by atomic mass is 9.47. The molecule has 3 aromatic carbocycles. The van der Waals surface area contributed by atoms with Crippen molar-refractivity contribution in [3.8, 4) is 0 Å². The number of allylic oxidation sites excluding steroid dienone is 2. The zero-order valence-electron chi connectivity index (χ0n) is 23.1. The Morgan fingerprint density at radius 1 is 0.750 bits per heavy atom. The largest absolute Gasteiger partial charge is 0.274 e. The first-order valence-electron chi connectivity index (χ1n) is 14.8. The molecule has 3 aromatic rings. The Hall–Kier alpha value is -5.25. The van der Waals surface area contributed by atoms with Gasteiger partial charge in [0.15, 0.2) is 0 Å². The number of hydrazone groups is 1. The van der Waals surface area contributed by atoms with E-state index in [1.807, 2.05) is 60.7 Å². The van der Waals surface area contributed by atoms with Gasteiger partial charge in [-0.2, -0.15) is 10.1 Å². The Morgan fingerprint density at radius 2 is 1.32 bits per heavy atom. The van der Waals surface area contributed by atoms with Crippen LogP contribution >= 0.6 is 0 Å². The van der Waals surface area contributed by atoms with Crippen LogP contribution in [0.3, 0.4) is 0 Å². The highest BCUT2D eigenvalue weighted by Crippen LogP contribution is 2.64. The number of fused-ring (bicyclic) bond motifs is 5. The highest BCUT2D eigenvalue weighted by atomic mass is 16.6. The summed E-state index contributed by atoms with van der Waals surface area (Å²) in [5.74, 6) is -4.38. The van der Waals surface area contributed by atoms with Crippen molar-refractivity contribution >= 4 is 41.2 Å². The number of imide groups is 2. The summed E-state index contributed by atoms with van der Waals surface area (Å²) in [4.78, 5) is 67.9. The molecule has 10 rings (SSSR count). The molecular weight excluding hydrogens is 560 g/mol. The Balaban J connectivity index is 1.22. The van der Waals surface area contributed by atoms with E-state index in [2.05, 4.69) is 5.10 Å². The van der Waals surface area contributed by atoms with Gasteiger partial charge in [0.2, 0.25) is 11.8 Å². The fourth-order valence-corrected chi connectivity index (χ4v) is 9.18. The number of non-ortho nitro benzene ring substituents is 1. The SMILES string of the molecule is O=C1[C@@H]2[C@H](C(=O)N1/N=C\C13c4ccccc4C(c4ccccc41)[C@H]1C(=O)N(c4ccc([N+](=O)[O-])cc4)C(=O)[C@H]13)[C@H]1C=C[C@H]2C1. The molecule has 0 spiro atoms. The lowest BCUT2D eigenvalue weighted by Gasteiger charge is -2.52. The molecule has 1 saturated carbocycles. The molecule has 4 bridgehead atoms. The van der Waals surface area contributed by atoms with Crippen molar-refractivity contribution < 1.29 is 24.1 Å². The first-order valence-corrected chi connectivity index (χ1v) is 14.8. The number of carbonyl (C=O) groups excluding carboxylic acids is 4. The summed E-state index contributed by atoms with van der Waals surface area (Å²) in [6.07, 6.45) is 6.42. The van der Waals surface area contributed by atoms with E-state index in [-0.39, 0.29) is 35.0 Å². The molecule has 0 N–H and O–H groups in total. The van der Waals surface area contributed by atoms with Gasteiger partial charge in [0, 0.05) is 24.3 Å². The predicted molar refractivity (Wildman–Crippen MR) is 156 cm³/mol. The normalized spacial score (nSPS) is 33.8. The van der Waals surface area contributed by atoms with Gasteiger partial charge in [-0.25, -0.2) is 4.90 Å². The monoisotopic (exact) mass is 584 g/mol. The fourth-order valence-electron chi connectivity index (χ4n) is 9.18. The summed E-state index contributed by atoms with van der Waals surface area (Å²) in [6, 6.07) is 20.7. The van der Waals surface area contributed by atoms with Crippen LogP contribution in [-0.4, -0.2) is 39.8 Å². The van der Waals surface area contributed by atoms with Crippen molar-refractivity contribution in [3.05, 3.63) is 117 Å². The molecule has 5 aliphatic carbocycles. The van der Waals surface area contributed by atoms with Crippen molar-refractivity contribution in [1.82, 2.24) is 5.01 Å². The third-order valence-corrected chi connectivity index (χ3v) is 10.8. The smallest absolute Gasteiger partial charge is 0.269 e. The van der Waals surface area contributed by atoms with Crippen molar-refractivity contribution in [3.63, 3.8) is 0 Å². The van der Waals surface area contributed by atoms with E-state index in [9.17, 15) is 29.3 Å². The maximum Gasteiger partial charge on any atom is 0.269 e. The molecule has 216 valence electrons. The van der Waals surface area contributed by atoms with E-state index < -0.39 is 51.7 Å². The lowest BCUT2D eigenvalue weighted by molar-refractivity contribution is -0.384. The van der Waals surface area contributed by atoms with Gasteiger partial charge in [-0.05, 0) is 52.6 Å². The minimum atomic E-state index is -1.25. The third-order valence-electron chi connectivity index (χ3n) is 10.8. The number of carbonyl (C=O) groups is 4. The van der Waals surface area contributed by atoms with Gasteiger partial charge in [-0.3, -0.25) is 29.3 Å². The molecule has 0 unspecified atom stereocenters. The van der Waals surface area contributed by atoms with Crippen LogP contribution in [0, 0.1) is 45.6 Å². The van der Waals surface area contributed by atoms with Crippen molar-refractivity contribution in [1.29, 1.82) is 0 Å². The first kappa shape index (κ1) is 25.3. The summed E-state index contributed by atoms with van der Waals surface area (Å²) < 4.78 is 0. The molecular formula is C34H24N4O6. The Labute approximate surface area is 250 Å². The van der Waals surface area contributed by atoms with Crippen LogP contribution in [0.25, 0.3) is 0 Å². The van der Waals surface area contributed by atoms with E-state index in [0.29, 0.717) is 0 Å². The van der Waals surface area contributed by atoms with Crippen LogP contribution in [0.4, 0.5) is 11.4 Å². The number of amides is 4. The second-order valence-electron chi connectivity index (χ2n) is 12.5. The quantitative estimate of drug-likeness (QED) is 0.150. The number of nitro benzene ring substituents is 1. The van der Waals surface area contributed by atoms with Gasteiger partial charge < -0.3 is 0 Å². The van der Waals surface area contributed by atoms with E-state index in [1.54, 1.807) is 6.21 Å². The Kier molecular flexibility index (Phi) is 4.84. The second-order valence-corrected chi connectivity index (χ2v) is 12.5. The van der Waals surface area contributed by atoms with Crippen LogP contribution in [0.5, 0.6) is 0 Å². The van der Waals surface area contributed by atoms with Crippen molar-refractivity contribution in [2.24, 2.45) is 40.6 Å². The van der Waals surface area contributed by atoms with E-state index >= 15 is 0 Å². The molecule has 0 aromatic heterocycles. The molecule has 10 heteroatoms. The maximum absolute atomic E-state index is 14.5. The molecule has 6 atom stereocenters. The average Bonchev–Trinajstić information content (AvgIpc) is 3.79. The topological polar surface area (TPSA) is 130 Å². The summed E-state index contributed by atoms with van der Waals surface area (Å²) >= 11 is 0. The van der Waals surface area contributed by atoms with Crippen LogP contribution in [-0.2, 0) is 24.6 Å². The fraction of sp³-hybridized carbons (Fsp3) is 0.265. The number of rotatable bonds is 4. The van der Waals surface area contributed by atoms with Gasteiger partial charge in [0.05, 0.1) is 39.7 Å². The maximum atomic E-state index is 14.5. The van der Waals surface area contributed by atoms with Crippen LogP contribution < -0.4 is 4.90 Å². The van der Waals surface area contributed by atoms with E-state index in [0.717, 1.165) is 38.6 Å². The highest BCUT2D eigenvalue weighted by molar-refractivity contribution is 6.25. The number of hydrogen-bond acceptors (Lipinski definition) is 7. The number of hydrogen-bond donors (Lipinski definition) is 0. The lowest BCUT2D eigenvalue weighted by Crippen LogP contribution is -2.55. The zero-order valence-corrected chi connectivity index (χ0v) is 23.1. The summed E-state index contributed by atoms with van der Waals surface area (Å²) in [7, 11) is 0. The molecule has 10 nitrogen and oxygen atoms in total. The molecule has 3 fully saturated rings. The van der Waals surface area contributed by atoms with Crippen LogP contribution in [0.2, 0.25) is 0 Å². The van der Waals surface area contributed by atoms with E-state index in [4.69, 9.17) is 0 Å². The Bertz CT molecular complexity index is 1850. The standard InChI is InChI=1S/C34H24N4O6/c39-30-28-27-21-5-1-3-7-23(21)34(24-8-4-2-6-22(24)27,29(28)33(42)36(30)19-11-13-20(14-12-19)38(43)44)16-35-37-31(40)25-17-9-10-18(15-17)26(25)32(37)41/h1-14,16-18,25-29H,15H2/b35-16-/t17-,18-,25-,26+,27?,28+,29-,34?/m0/s1. The predicted octanol–water partition coefficient (Wildman–Crippen LogP) is 3.94. The van der Waals surface area contributed by atoms with Gasteiger partial charge in [-0.1, -0.05) is 60.7 Å². The van der Waals surface area contributed by atoms with E-state index in [1.165, 1.54) is 24.3 Å². The summed E-state index contributed by atoms with van der Waals surface area (Å²) in [6.45, 7) is 0. The average molecular weight is 585 g/mol. The zero-order chi connectivity index (χ0) is 30.1. The molecule has 2 heterocycles. The summed E-state index contributed by atoms with van der Waals surface area (Å²) in [5, 5.41) is 16.9. The number of benzene rings is 3. The molecule has 2 aliphatic heterocycles. The van der Waals surface area contributed by atoms with Crippen molar-refractivity contribution in [2.45, 2.75) is 17.8 Å². The number of nitro groups is 1. The number of nitrogens with zero attached hydrogens (tertiary/aromatic N) is 4. The minimum Gasteiger partial charge on any atom is -0.274 e.